The van der Waals surface area contributed by atoms with Gasteiger partial charge in [-0.15, -0.1) is 0 Å². The van der Waals surface area contributed by atoms with Crippen molar-refractivity contribution in [3.8, 4) is 0 Å². The molecular formula is C14H14BrClN2O2. The van der Waals surface area contributed by atoms with E-state index in [1.165, 1.54) is 0 Å². The first-order valence-electron chi connectivity index (χ1n) is 6.08. The van der Waals surface area contributed by atoms with Crippen LogP contribution in [0.1, 0.15) is 40.3 Å². The molecule has 2 rings (SSSR count). The Morgan fingerprint density at radius 1 is 1.40 bits per heavy atom. The summed E-state index contributed by atoms with van der Waals surface area (Å²) >= 11 is 9.27. The van der Waals surface area contributed by atoms with E-state index in [-0.39, 0.29) is 11.9 Å². The number of benzene rings is 1. The lowest BCUT2D eigenvalue weighted by Crippen LogP contribution is -2.27. The van der Waals surface area contributed by atoms with E-state index >= 15 is 0 Å². The number of nitrogens with zero attached hydrogens (tertiary/aromatic N) is 1. The Morgan fingerprint density at radius 3 is 2.65 bits per heavy atom. The number of carbonyl (C=O) groups excluding carboxylic acids is 1. The molecule has 1 aromatic heterocycles. The van der Waals surface area contributed by atoms with Gasteiger partial charge in [0, 0.05) is 20.6 Å². The summed E-state index contributed by atoms with van der Waals surface area (Å²) in [6.07, 6.45) is 0. The third-order valence-electron chi connectivity index (χ3n) is 2.99. The van der Waals surface area contributed by atoms with Gasteiger partial charge < -0.3 is 9.84 Å². The molecule has 106 valence electrons. The minimum Gasteiger partial charge on any atom is -0.361 e. The second-order valence-corrected chi connectivity index (χ2v) is 5.94. The van der Waals surface area contributed by atoms with Gasteiger partial charge in [0.15, 0.2) is 0 Å². The monoisotopic (exact) mass is 356 g/mol. The number of aromatic nitrogens is 1. The van der Waals surface area contributed by atoms with E-state index in [4.69, 9.17) is 16.1 Å². The molecule has 0 saturated carbocycles. The van der Waals surface area contributed by atoms with Crippen LogP contribution >= 0.6 is 27.5 Å². The fourth-order valence-corrected chi connectivity index (χ4v) is 3.01. The number of carbonyl (C=O) groups is 1. The zero-order valence-corrected chi connectivity index (χ0v) is 13.7. The first-order valence-corrected chi connectivity index (χ1v) is 7.25. The summed E-state index contributed by atoms with van der Waals surface area (Å²) in [6.45, 7) is 5.57. The van der Waals surface area contributed by atoms with E-state index in [9.17, 15) is 4.79 Å². The summed E-state index contributed by atoms with van der Waals surface area (Å²) in [5.41, 5.74) is 2.19. The normalized spacial score (nSPS) is 12.2. The van der Waals surface area contributed by atoms with Gasteiger partial charge in [-0.25, -0.2) is 0 Å². The molecule has 1 unspecified atom stereocenters. The predicted octanol–water partition coefficient (Wildman–Crippen LogP) is 4.20. The molecule has 20 heavy (non-hydrogen) atoms. The van der Waals surface area contributed by atoms with Crippen LogP contribution in [0.25, 0.3) is 0 Å². The molecule has 0 spiro atoms. The van der Waals surface area contributed by atoms with Gasteiger partial charge in [0.2, 0.25) is 0 Å². The maximum Gasteiger partial charge on any atom is 0.251 e. The van der Waals surface area contributed by atoms with Crippen molar-refractivity contribution in [2.24, 2.45) is 0 Å². The lowest BCUT2D eigenvalue weighted by molar-refractivity contribution is 0.0939. The highest BCUT2D eigenvalue weighted by Gasteiger charge is 2.19. The second kappa shape index (κ2) is 5.97. The van der Waals surface area contributed by atoms with E-state index in [2.05, 4.69) is 26.4 Å². The Balaban J connectivity index is 2.19. The van der Waals surface area contributed by atoms with Crippen LogP contribution in [0.2, 0.25) is 5.02 Å². The quantitative estimate of drug-likeness (QED) is 0.895. The molecule has 0 aliphatic carbocycles. The molecule has 1 atom stereocenters. The minimum absolute atomic E-state index is 0.188. The maximum absolute atomic E-state index is 12.2. The largest absolute Gasteiger partial charge is 0.361 e. The van der Waals surface area contributed by atoms with Crippen molar-refractivity contribution in [3.05, 3.63) is 50.3 Å². The molecule has 0 radical (unpaired) electrons. The number of halogens is 2. The predicted molar refractivity (Wildman–Crippen MR) is 81.0 cm³/mol. The molecule has 1 amide bonds. The second-order valence-electron chi connectivity index (χ2n) is 4.59. The Bertz CT molecular complexity index is 615. The van der Waals surface area contributed by atoms with E-state index in [1.54, 1.807) is 18.2 Å². The SMILES string of the molecule is Cc1noc(C)c1C(C)NC(=O)c1cc(Cl)cc(Br)c1. The van der Waals surface area contributed by atoms with Gasteiger partial charge in [-0.05, 0) is 39.0 Å². The molecule has 0 fully saturated rings. The Labute approximate surface area is 130 Å². The zero-order valence-electron chi connectivity index (χ0n) is 11.3. The molecule has 6 heteroatoms. The smallest absolute Gasteiger partial charge is 0.251 e. The summed E-state index contributed by atoms with van der Waals surface area (Å²) in [6, 6.07) is 4.89. The highest BCUT2D eigenvalue weighted by atomic mass is 79.9. The number of rotatable bonds is 3. The minimum atomic E-state index is -0.194. The van der Waals surface area contributed by atoms with Gasteiger partial charge >= 0.3 is 0 Å². The topological polar surface area (TPSA) is 55.1 Å². The molecule has 0 bridgehead atoms. The van der Waals surface area contributed by atoms with Crippen LogP contribution in [0.5, 0.6) is 0 Å². The summed E-state index contributed by atoms with van der Waals surface area (Å²) < 4.78 is 5.88. The van der Waals surface area contributed by atoms with Crippen LogP contribution in [0, 0.1) is 13.8 Å². The van der Waals surface area contributed by atoms with Crippen molar-refractivity contribution in [3.63, 3.8) is 0 Å². The fourth-order valence-electron chi connectivity index (χ4n) is 2.15. The Morgan fingerprint density at radius 2 is 2.10 bits per heavy atom. The van der Waals surface area contributed by atoms with Crippen LogP contribution in [-0.4, -0.2) is 11.1 Å². The first kappa shape index (κ1) is 15.1. The molecule has 0 aliphatic rings. The van der Waals surface area contributed by atoms with Crippen molar-refractivity contribution >= 4 is 33.4 Å². The van der Waals surface area contributed by atoms with Crippen LogP contribution in [0.3, 0.4) is 0 Å². The molecule has 2 aromatic rings. The molecule has 1 aromatic carbocycles. The Kier molecular flexibility index (Phi) is 4.50. The number of hydrogen-bond acceptors (Lipinski definition) is 3. The fraction of sp³-hybridized carbons (Fsp3) is 0.286. The lowest BCUT2D eigenvalue weighted by atomic mass is 10.1. The van der Waals surface area contributed by atoms with Crippen LogP contribution in [0.15, 0.2) is 27.2 Å². The summed E-state index contributed by atoms with van der Waals surface area (Å²) in [5, 5.41) is 7.32. The van der Waals surface area contributed by atoms with Gasteiger partial charge in [-0.2, -0.15) is 0 Å². The summed E-state index contributed by atoms with van der Waals surface area (Å²) in [7, 11) is 0. The first-order chi connectivity index (χ1) is 9.38. The number of nitrogens with one attached hydrogen (secondary N) is 1. The van der Waals surface area contributed by atoms with E-state index in [1.807, 2.05) is 20.8 Å². The van der Waals surface area contributed by atoms with Crippen LogP contribution in [0.4, 0.5) is 0 Å². The van der Waals surface area contributed by atoms with Gasteiger partial charge in [-0.3, -0.25) is 4.79 Å². The van der Waals surface area contributed by atoms with Crippen LogP contribution in [-0.2, 0) is 0 Å². The van der Waals surface area contributed by atoms with Crippen molar-refractivity contribution in [1.82, 2.24) is 10.5 Å². The molecule has 1 heterocycles. The number of hydrogen-bond donors (Lipinski definition) is 1. The van der Waals surface area contributed by atoms with Crippen molar-refractivity contribution in [2.75, 3.05) is 0 Å². The van der Waals surface area contributed by atoms with Crippen LogP contribution < -0.4 is 5.32 Å². The van der Waals surface area contributed by atoms with Crippen molar-refractivity contribution in [1.29, 1.82) is 0 Å². The molecule has 0 aliphatic heterocycles. The molecule has 1 N–H and O–H groups in total. The standard InChI is InChI=1S/C14H14BrClN2O2/c1-7(13-8(2)18-20-9(13)3)17-14(19)10-4-11(15)6-12(16)5-10/h4-7H,1-3H3,(H,17,19). The Hall–Kier alpha value is -1.33. The highest BCUT2D eigenvalue weighted by molar-refractivity contribution is 9.10. The van der Waals surface area contributed by atoms with Crippen molar-refractivity contribution in [2.45, 2.75) is 26.8 Å². The van der Waals surface area contributed by atoms with Gasteiger partial charge in [-0.1, -0.05) is 32.7 Å². The highest BCUT2D eigenvalue weighted by Crippen LogP contribution is 2.23. The summed E-state index contributed by atoms with van der Waals surface area (Å²) in [5.74, 6) is 0.517. The maximum atomic E-state index is 12.2. The third kappa shape index (κ3) is 3.22. The third-order valence-corrected chi connectivity index (χ3v) is 3.67. The molecule has 4 nitrogen and oxygen atoms in total. The zero-order chi connectivity index (χ0) is 14.9. The summed E-state index contributed by atoms with van der Waals surface area (Å²) in [4.78, 5) is 12.2. The lowest BCUT2D eigenvalue weighted by Gasteiger charge is -2.14. The average Bonchev–Trinajstić information content (AvgIpc) is 2.67. The molecule has 0 saturated heterocycles. The van der Waals surface area contributed by atoms with E-state index in [0.717, 1.165) is 15.7 Å². The van der Waals surface area contributed by atoms with Gasteiger partial charge in [0.25, 0.3) is 5.91 Å². The number of aryl methyl sites for hydroxylation is 2. The van der Waals surface area contributed by atoms with Gasteiger partial charge in [0.05, 0.1) is 11.7 Å². The number of amides is 1. The molecular weight excluding hydrogens is 344 g/mol. The van der Waals surface area contributed by atoms with E-state index < -0.39 is 0 Å². The average molecular weight is 358 g/mol. The van der Waals surface area contributed by atoms with Gasteiger partial charge in [0.1, 0.15) is 5.76 Å². The van der Waals surface area contributed by atoms with Crippen molar-refractivity contribution < 1.29 is 9.32 Å². The van der Waals surface area contributed by atoms with E-state index in [0.29, 0.717) is 16.3 Å².